The van der Waals surface area contributed by atoms with Crippen LogP contribution in [0.1, 0.15) is 15.9 Å². The summed E-state index contributed by atoms with van der Waals surface area (Å²) in [6, 6.07) is 8.99. The van der Waals surface area contributed by atoms with Crippen molar-refractivity contribution in [2.75, 3.05) is 16.8 Å². The molecule has 106 valence electrons. The number of fused-ring (bicyclic) bond motifs is 1. The van der Waals surface area contributed by atoms with Crippen molar-refractivity contribution in [2.24, 2.45) is 0 Å². The van der Waals surface area contributed by atoms with Crippen LogP contribution >= 0.6 is 0 Å². The molecule has 0 bridgehead atoms. The van der Waals surface area contributed by atoms with Crippen LogP contribution < -0.4 is 10.2 Å². The van der Waals surface area contributed by atoms with E-state index in [0.29, 0.717) is 11.4 Å². The van der Waals surface area contributed by atoms with Crippen LogP contribution in [0.2, 0.25) is 0 Å². The highest BCUT2D eigenvalue weighted by Gasteiger charge is 2.25. The molecule has 1 amide bonds. The minimum absolute atomic E-state index is 0.128. The molecular weight excluding hydrogens is 270 g/mol. The fraction of sp³-hybridized carbons (Fsp3) is 0.133. The number of carbonyl (C=O) groups is 2. The fourth-order valence-corrected chi connectivity index (χ4v) is 2.39. The molecule has 0 spiro atoms. The highest BCUT2D eigenvalue weighted by Crippen LogP contribution is 2.35. The molecule has 1 aliphatic heterocycles. The number of aromatic carboxylic acids is 1. The third-order valence-electron chi connectivity index (χ3n) is 3.32. The van der Waals surface area contributed by atoms with E-state index in [4.69, 9.17) is 5.11 Å². The zero-order valence-corrected chi connectivity index (χ0v) is 11.3. The Hall–Kier alpha value is -2.89. The van der Waals surface area contributed by atoms with Gasteiger partial charge in [0.15, 0.2) is 0 Å². The minimum atomic E-state index is -1.02. The number of hydrogen-bond donors (Lipinski definition) is 2. The Kier molecular flexibility index (Phi) is 3.06. The maximum atomic E-state index is 11.8. The molecule has 2 heterocycles. The van der Waals surface area contributed by atoms with Crippen molar-refractivity contribution >= 4 is 29.1 Å². The van der Waals surface area contributed by atoms with Crippen molar-refractivity contribution in [3.05, 3.63) is 47.7 Å². The van der Waals surface area contributed by atoms with Gasteiger partial charge in [0.1, 0.15) is 12.4 Å². The summed E-state index contributed by atoms with van der Waals surface area (Å²) in [6.45, 7) is 1.93. The van der Waals surface area contributed by atoms with Gasteiger partial charge in [0.05, 0.1) is 16.9 Å². The molecule has 0 atom stereocenters. The first-order valence-electron chi connectivity index (χ1n) is 6.42. The predicted molar refractivity (Wildman–Crippen MR) is 78.0 cm³/mol. The number of para-hydroxylation sites is 2. The SMILES string of the molecule is Cc1cc(C(=O)O)cnc1N1CC(=O)Nc2ccccc21. The lowest BCUT2D eigenvalue weighted by Gasteiger charge is -2.30. The zero-order chi connectivity index (χ0) is 15.0. The number of carboxylic acids is 1. The van der Waals surface area contributed by atoms with Crippen LogP contribution in [-0.2, 0) is 4.79 Å². The molecule has 0 unspecified atom stereocenters. The Morgan fingerprint density at radius 2 is 2.14 bits per heavy atom. The lowest BCUT2D eigenvalue weighted by atomic mass is 10.1. The van der Waals surface area contributed by atoms with Gasteiger partial charge in [0.25, 0.3) is 0 Å². The second-order valence-corrected chi connectivity index (χ2v) is 4.82. The number of aryl methyl sites for hydroxylation is 1. The molecule has 1 aromatic heterocycles. The number of benzene rings is 1. The zero-order valence-electron chi connectivity index (χ0n) is 11.3. The highest BCUT2D eigenvalue weighted by molar-refractivity contribution is 6.03. The Balaban J connectivity index is 2.09. The van der Waals surface area contributed by atoms with Gasteiger partial charge in [-0.2, -0.15) is 0 Å². The average Bonchev–Trinajstić information content (AvgIpc) is 2.46. The molecule has 6 heteroatoms. The molecule has 1 aliphatic rings. The number of anilines is 3. The monoisotopic (exact) mass is 283 g/mol. The van der Waals surface area contributed by atoms with Gasteiger partial charge in [-0.05, 0) is 30.7 Å². The lowest BCUT2D eigenvalue weighted by Crippen LogP contribution is -2.35. The predicted octanol–water partition coefficient (Wildman–Crippen LogP) is 2.18. The van der Waals surface area contributed by atoms with Crippen molar-refractivity contribution in [3.8, 4) is 0 Å². The molecule has 0 aliphatic carbocycles. The topological polar surface area (TPSA) is 82.5 Å². The summed E-state index contributed by atoms with van der Waals surface area (Å²) in [7, 11) is 0. The van der Waals surface area contributed by atoms with Gasteiger partial charge in [0, 0.05) is 6.20 Å². The summed E-state index contributed by atoms with van der Waals surface area (Å²) in [6.07, 6.45) is 1.31. The van der Waals surface area contributed by atoms with E-state index in [0.717, 1.165) is 11.4 Å². The maximum absolute atomic E-state index is 11.8. The van der Waals surface area contributed by atoms with Gasteiger partial charge in [-0.25, -0.2) is 9.78 Å². The maximum Gasteiger partial charge on any atom is 0.337 e. The van der Waals surface area contributed by atoms with Crippen LogP contribution in [0.5, 0.6) is 0 Å². The van der Waals surface area contributed by atoms with E-state index in [9.17, 15) is 9.59 Å². The number of pyridine rings is 1. The molecule has 0 saturated carbocycles. The van der Waals surface area contributed by atoms with E-state index < -0.39 is 5.97 Å². The van der Waals surface area contributed by atoms with Crippen LogP contribution in [0.3, 0.4) is 0 Å². The van der Waals surface area contributed by atoms with Gasteiger partial charge in [-0.3, -0.25) is 4.79 Å². The van der Waals surface area contributed by atoms with Crippen molar-refractivity contribution in [1.29, 1.82) is 0 Å². The van der Waals surface area contributed by atoms with Crippen LogP contribution in [0.4, 0.5) is 17.2 Å². The van der Waals surface area contributed by atoms with Gasteiger partial charge in [0.2, 0.25) is 5.91 Å². The Morgan fingerprint density at radius 1 is 1.38 bits per heavy atom. The van der Waals surface area contributed by atoms with Crippen LogP contribution in [0.15, 0.2) is 36.5 Å². The van der Waals surface area contributed by atoms with E-state index in [1.165, 1.54) is 6.20 Å². The third-order valence-corrected chi connectivity index (χ3v) is 3.32. The molecule has 3 rings (SSSR count). The van der Waals surface area contributed by atoms with Crippen LogP contribution in [0.25, 0.3) is 0 Å². The summed E-state index contributed by atoms with van der Waals surface area (Å²) >= 11 is 0. The van der Waals surface area contributed by atoms with E-state index in [-0.39, 0.29) is 18.0 Å². The standard InChI is InChI=1S/C15H13N3O3/c1-9-6-10(15(20)21)7-16-14(9)18-8-13(19)17-11-4-2-3-5-12(11)18/h2-7H,8H2,1H3,(H,17,19)(H,20,21). The molecule has 0 radical (unpaired) electrons. The fourth-order valence-electron chi connectivity index (χ4n) is 2.39. The number of nitrogens with one attached hydrogen (secondary N) is 1. The first kappa shape index (κ1) is 13.1. The number of rotatable bonds is 2. The Morgan fingerprint density at radius 3 is 2.86 bits per heavy atom. The summed E-state index contributed by atoms with van der Waals surface area (Å²) in [5, 5.41) is 11.8. The number of carbonyl (C=O) groups excluding carboxylic acids is 1. The van der Waals surface area contributed by atoms with Gasteiger partial charge in [-0.1, -0.05) is 12.1 Å². The molecule has 0 fully saturated rings. The second kappa shape index (κ2) is 4.90. The van der Waals surface area contributed by atoms with Crippen molar-refractivity contribution < 1.29 is 14.7 Å². The smallest absolute Gasteiger partial charge is 0.337 e. The van der Waals surface area contributed by atoms with E-state index >= 15 is 0 Å². The van der Waals surface area contributed by atoms with Gasteiger partial charge < -0.3 is 15.3 Å². The van der Waals surface area contributed by atoms with E-state index in [1.54, 1.807) is 17.9 Å². The summed E-state index contributed by atoms with van der Waals surface area (Å²) in [5.74, 6) is -0.562. The number of aromatic nitrogens is 1. The molecule has 6 nitrogen and oxygen atoms in total. The molecule has 1 aromatic carbocycles. The summed E-state index contributed by atoms with van der Waals surface area (Å²) in [5.41, 5.74) is 2.40. The van der Waals surface area contributed by atoms with Gasteiger partial charge >= 0.3 is 5.97 Å². The van der Waals surface area contributed by atoms with Crippen LogP contribution in [0, 0.1) is 6.92 Å². The molecular formula is C15H13N3O3. The first-order chi connectivity index (χ1) is 10.1. The Labute approximate surface area is 121 Å². The molecule has 2 N–H and O–H groups in total. The van der Waals surface area contributed by atoms with Crippen molar-refractivity contribution in [3.63, 3.8) is 0 Å². The number of hydrogen-bond acceptors (Lipinski definition) is 4. The van der Waals surface area contributed by atoms with Gasteiger partial charge in [-0.15, -0.1) is 0 Å². The Bertz CT molecular complexity index is 743. The quantitative estimate of drug-likeness (QED) is 0.882. The molecule has 21 heavy (non-hydrogen) atoms. The first-order valence-corrected chi connectivity index (χ1v) is 6.42. The normalized spacial score (nSPS) is 13.6. The summed E-state index contributed by atoms with van der Waals surface area (Å²) in [4.78, 5) is 28.8. The van der Waals surface area contributed by atoms with E-state index in [1.807, 2.05) is 24.3 Å². The molecule has 2 aromatic rings. The van der Waals surface area contributed by atoms with E-state index in [2.05, 4.69) is 10.3 Å². The summed E-state index contributed by atoms with van der Waals surface area (Å²) < 4.78 is 0. The number of amides is 1. The molecule has 0 saturated heterocycles. The highest BCUT2D eigenvalue weighted by atomic mass is 16.4. The number of carboxylic acid groups (broad SMARTS) is 1. The second-order valence-electron chi connectivity index (χ2n) is 4.82. The number of nitrogens with zero attached hydrogens (tertiary/aromatic N) is 2. The van der Waals surface area contributed by atoms with Crippen molar-refractivity contribution in [1.82, 2.24) is 4.98 Å². The minimum Gasteiger partial charge on any atom is -0.478 e. The average molecular weight is 283 g/mol. The van der Waals surface area contributed by atoms with Crippen molar-refractivity contribution in [2.45, 2.75) is 6.92 Å². The lowest BCUT2D eigenvalue weighted by molar-refractivity contribution is -0.115. The largest absolute Gasteiger partial charge is 0.478 e. The third kappa shape index (κ3) is 2.31. The van der Waals surface area contributed by atoms with Crippen LogP contribution in [-0.4, -0.2) is 28.5 Å².